The monoisotopic (exact) mass is 181 g/mol. The van der Waals surface area contributed by atoms with Crippen molar-refractivity contribution in [3.63, 3.8) is 0 Å². The Balaban J connectivity index is 0. The van der Waals surface area contributed by atoms with Crippen LogP contribution >= 0.6 is 12.4 Å². The third kappa shape index (κ3) is 13.2. The highest BCUT2D eigenvalue weighted by Gasteiger charge is 1.87. The molecule has 0 atom stereocenters. The van der Waals surface area contributed by atoms with E-state index in [2.05, 4.69) is 12.4 Å². The van der Waals surface area contributed by atoms with Crippen LogP contribution in [0.4, 0.5) is 0 Å². The molecule has 0 radical (unpaired) electrons. The van der Waals surface area contributed by atoms with Crippen molar-refractivity contribution >= 4 is 12.4 Å². The maximum absolute atomic E-state index is 8.22. The lowest BCUT2D eigenvalue weighted by atomic mass is 10.1. The summed E-state index contributed by atoms with van der Waals surface area (Å²) in [7, 11) is 0. The van der Waals surface area contributed by atoms with E-state index in [0.717, 1.165) is 13.0 Å². The summed E-state index contributed by atoms with van der Waals surface area (Å²) in [6.45, 7) is 2.96. The molecule has 2 N–H and O–H groups in total. The Morgan fingerprint density at radius 1 is 1.00 bits per heavy atom. The smallest absolute Gasteiger partial charge is 0.0207 e. The van der Waals surface area contributed by atoms with Gasteiger partial charge in [0.05, 0.1) is 0 Å². The molecule has 0 bridgehead atoms. The van der Waals surface area contributed by atoms with Crippen molar-refractivity contribution in [3.8, 4) is 0 Å². The van der Waals surface area contributed by atoms with E-state index in [-0.39, 0.29) is 12.4 Å². The molecule has 0 aliphatic heterocycles. The number of unbranched alkanes of at least 4 members (excludes halogenated alkanes) is 5. The Kier molecular flexibility index (Phi) is 16.1. The minimum atomic E-state index is 0. The maximum atomic E-state index is 8.22. The summed E-state index contributed by atoms with van der Waals surface area (Å²) in [6, 6.07) is 0. The predicted molar refractivity (Wildman–Crippen MR) is 50.4 cm³/mol. The zero-order valence-corrected chi connectivity index (χ0v) is 8.12. The van der Waals surface area contributed by atoms with E-state index in [9.17, 15) is 0 Å². The summed E-state index contributed by atoms with van der Waals surface area (Å²) in [6.07, 6.45) is 7.66. The first-order valence-electron chi connectivity index (χ1n) is 4.28. The Bertz CT molecular complexity index is 54.1. The summed E-state index contributed by atoms with van der Waals surface area (Å²) >= 11 is 0. The highest BCUT2D eigenvalue weighted by molar-refractivity contribution is 5.85. The highest BCUT2D eigenvalue weighted by atomic mass is 35.5. The Hall–Kier alpha value is 0.210. The van der Waals surface area contributed by atoms with Crippen LogP contribution in [0.5, 0.6) is 0 Å². The molecule has 0 saturated heterocycles. The zero-order chi connectivity index (χ0) is 7.66. The molecule has 0 unspecified atom stereocenters. The molecule has 0 aromatic carbocycles. The van der Waals surface area contributed by atoms with E-state index < -0.39 is 0 Å². The lowest BCUT2D eigenvalue weighted by Gasteiger charge is -1.98. The zero-order valence-electron chi connectivity index (χ0n) is 7.31. The van der Waals surface area contributed by atoms with Crippen LogP contribution in [0.25, 0.3) is 0 Å². The summed E-state index contributed by atoms with van der Waals surface area (Å²) in [4.78, 5) is 0. The summed E-state index contributed by atoms with van der Waals surface area (Å²) in [5.41, 5.74) is 2.16. The summed E-state index contributed by atoms with van der Waals surface area (Å²) in [5.74, 6) is 0. The number of rotatable bonds is 7. The van der Waals surface area contributed by atoms with Gasteiger partial charge in [-0.25, -0.2) is 5.48 Å². The van der Waals surface area contributed by atoms with Gasteiger partial charge in [-0.2, -0.15) is 0 Å². The van der Waals surface area contributed by atoms with E-state index >= 15 is 0 Å². The molecule has 0 aromatic rings. The van der Waals surface area contributed by atoms with Crippen LogP contribution < -0.4 is 5.48 Å². The second kappa shape index (κ2) is 12.8. The Labute approximate surface area is 75.7 Å². The van der Waals surface area contributed by atoms with Crippen LogP contribution in [-0.2, 0) is 0 Å². The lowest BCUT2D eigenvalue weighted by molar-refractivity contribution is 0.164. The molecule has 2 nitrogen and oxygen atoms in total. The molecule has 0 saturated carbocycles. The van der Waals surface area contributed by atoms with Gasteiger partial charge < -0.3 is 5.21 Å². The van der Waals surface area contributed by atoms with Gasteiger partial charge in [-0.05, 0) is 6.42 Å². The molecule has 11 heavy (non-hydrogen) atoms. The Morgan fingerprint density at radius 3 is 2.09 bits per heavy atom. The van der Waals surface area contributed by atoms with Gasteiger partial charge in [0.25, 0.3) is 0 Å². The van der Waals surface area contributed by atoms with Gasteiger partial charge in [-0.1, -0.05) is 39.0 Å². The predicted octanol–water partition coefficient (Wildman–Crippen LogP) is 2.75. The van der Waals surface area contributed by atoms with Crippen LogP contribution in [0, 0.1) is 0 Å². The van der Waals surface area contributed by atoms with Gasteiger partial charge in [-0.15, -0.1) is 12.4 Å². The fourth-order valence-electron chi connectivity index (χ4n) is 0.984. The molecule has 3 heteroatoms. The lowest BCUT2D eigenvalue weighted by Crippen LogP contribution is -2.07. The Morgan fingerprint density at radius 2 is 1.55 bits per heavy atom. The van der Waals surface area contributed by atoms with Gasteiger partial charge in [0.15, 0.2) is 0 Å². The van der Waals surface area contributed by atoms with Crippen molar-refractivity contribution in [1.29, 1.82) is 0 Å². The maximum Gasteiger partial charge on any atom is 0.0207 e. The molecule has 0 heterocycles. The number of halogens is 1. The van der Waals surface area contributed by atoms with Crippen LogP contribution in [0.1, 0.15) is 45.4 Å². The first kappa shape index (κ1) is 13.8. The van der Waals surface area contributed by atoms with Crippen LogP contribution in [0.2, 0.25) is 0 Å². The molecular weight excluding hydrogens is 162 g/mol. The van der Waals surface area contributed by atoms with Crippen molar-refractivity contribution in [2.24, 2.45) is 0 Å². The van der Waals surface area contributed by atoms with Crippen molar-refractivity contribution < 1.29 is 5.21 Å². The van der Waals surface area contributed by atoms with Gasteiger partial charge in [-0.3, -0.25) is 0 Å². The average molecular weight is 182 g/mol. The van der Waals surface area contributed by atoms with E-state index in [4.69, 9.17) is 5.21 Å². The SMILES string of the molecule is CCCCCCCCNO.Cl. The van der Waals surface area contributed by atoms with Crippen LogP contribution in [-0.4, -0.2) is 11.8 Å². The summed E-state index contributed by atoms with van der Waals surface area (Å²) < 4.78 is 0. The van der Waals surface area contributed by atoms with Crippen molar-refractivity contribution in [1.82, 2.24) is 5.48 Å². The normalized spacial score (nSPS) is 9.27. The number of nitrogens with one attached hydrogen (secondary N) is 1. The standard InChI is InChI=1S/C8H19NO.ClH/c1-2-3-4-5-6-7-8-9-10;/h9-10H,2-8H2,1H3;1H. The third-order valence-corrected chi connectivity index (χ3v) is 1.64. The largest absolute Gasteiger partial charge is 0.317 e. The fourth-order valence-corrected chi connectivity index (χ4v) is 0.984. The average Bonchev–Trinajstić information content (AvgIpc) is 1.97. The molecule has 0 aromatic heterocycles. The molecule has 0 spiro atoms. The van der Waals surface area contributed by atoms with Gasteiger partial charge in [0.2, 0.25) is 0 Å². The molecule has 0 aliphatic carbocycles. The minimum absolute atomic E-state index is 0. The quantitative estimate of drug-likeness (QED) is 0.468. The van der Waals surface area contributed by atoms with Crippen molar-refractivity contribution in [2.45, 2.75) is 45.4 Å². The first-order valence-corrected chi connectivity index (χ1v) is 4.28. The fraction of sp³-hybridized carbons (Fsp3) is 1.00. The van der Waals surface area contributed by atoms with E-state index in [1.165, 1.54) is 32.1 Å². The summed E-state index contributed by atoms with van der Waals surface area (Å²) in [5, 5.41) is 8.22. The van der Waals surface area contributed by atoms with Crippen molar-refractivity contribution in [3.05, 3.63) is 0 Å². The third-order valence-electron chi connectivity index (χ3n) is 1.64. The molecule has 0 rings (SSSR count). The van der Waals surface area contributed by atoms with Crippen LogP contribution in [0.3, 0.4) is 0 Å². The minimum Gasteiger partial charge on any atom is -0.317 e. The van der Waals surface area contributed by atoms with Gasteiger partial charge in [0.1, 0.15) is 0 Å². The van der Waals surface area contributed by atoms with Gasteiger partial charge in [0, 0.05) is 6.54 Å². The van der Waals surface area contributed by atoms with Crippen LogP contribution in [0.15, 0.2) is 0 Å². The second-order valence-corrected chi connectivity index (χ2v) is 2.68. The van der Waals surface area contributed by atoms with Crippen molar-refractivity contribution in [2.75, 3.05) is 6.54 Å². The van der Waals surface area contributed by atoms with E-state index in [1.807, 2.05) is 0 Å². The van der Waals surface area contributed by atoms with Gasteiger partial charge >= 0.3 is 0 Å². The molecule has 0 fully saturated rings. The topological polar surface area (TPSA) is 32.3 Å². The molecule has 70 valence electrons. The number of hydrogen-bond acceptors (Lipinski definition) is 2. The van der Waals surface area contributed by atoms with E-state index in [0.29, 0.717) is 0 Å². The number of hydrogen-bond donors (Lipinski definition) is 2. The second-order valence-electron chi connectivity index (χ2n) is 2.68. The molecule has 0 amide bonds. The number of hydroxylamine groups is 1. The highest BCUT2D eigenvalue weighted by Crippen LogP contribution is 2.03. The molecule has 0 aliphatic rings. The first-order chi connectivity index (χ1) is 4.91. The molecular formula is C8H20ClNO. The van der Waals surface area contributed by atoms with E-state index in [1.54, 1.807) is 0 Å².